The topological polar surface area (TPSA) is 49.8 Å². The van der Waals surface area contributed by atoms with E-state index in [4.69, 9.17) is 21.3 Å². The summed E-state index contributed by atoms with van der Waals surface area (Å²) in [6.07, 6.45) is 0. The van der Waals surface area contributed by atoms with Crippen LogP contribution in [0.2, 0.25) is 5.02 Å². The largest absolute Gasteiger partial charge is 0.431 e. The summed E-state index contributed by atoms with van der Waals surface area (Å²) in [6, 6.07) is 5.71. The molecule has 0 radical (unpaired) electrons. The third-order valence-electron chi connectivity index (χ3n) is 2.08. The fourth-order valence-corrected chi connectivity index (χ4v) is 2.27. The van der Waals surface area contributed by atoms with Crippen LogP contribution in [0.5, 0.6) is 0 Å². The predicted octanol–water partition coefficient (Wildman–Crippen LogP) is 3.79. The summed E-state index contributed by atoms with van der Waals surface area (Å²) in [7, 11) is 0. The number of benzene rings is 1. The van der Waals surface area contributed by atoms with Gasteiger partial charge in [-0.1, -0.05) is 11.6 Å². The van der Waals surface area contributed by atoms with Gasteiger partial charge in [0.15, 0.2) is 5.58 Å². The van der Waals surface area contributed by atoms with E-state index in [-0.39, 0.29) is 5.25 Å². The lowest BCUT2D eigenvalue weighted by molar-refractivity contribution is 0.487. The molecule has 1 aromatic carbocycles. The van der Waals surface area contributed by atoms with Gasteiger partial charge in [-0.15, -0.1) is 0 Å². The maximum Gasteiger partial charge on any atom is 0.258 e. The predicted molar refractivity (Wildman–Crippen MR) is 64.7 cm³/mol. The summed E-state index contributed by atoms with van der Waals surface area (Å²) in [4.78, 5) is 4.28. The van der Waals surface area contributed by atoms with Gasteiger partial charge in [0.1, 0.15) is 5.52 Å². The van der Waals surface area contributed by atoms with Crippen molar-refractivity contribution in [3.05, 3.63) is 22.7 Å². The van der Waals surface area contributed by atoms with Crippen LogP contribution in [0.25, 0.3) is 11.1 Å². The molecule has 1 heterocycles. The number of halogens is 1. The molecule has 1 aromatic heterocycles. The standard InChI is InChI=1S/C11H9ClN2OS/c1-6-3-8(12)4-9-10(6)15-11(14-9)16-7(2)5-13/h3-4,7H,1-2H3. The highest BCUT2D eigenvalue weighted by Gasteiger charge is 2.12. The van der Waals surface area contributed by atoms with E-state index in [9.17, 15) is 0 Å². The Kier molecular flexibility index (Phi) is 3.08. The lowest BCUT2D eigenvalue weighted by Crippen LogP contribution is -1.88. The van der Waals surface area contributed by atoms with Crippen LogP contribution in [-0.4, -0.2) is 10.2 Å². The third-order valence-corrected chi connectivity index (χ3v) is 3.13. The summed E-state index contributed by atoms with van der Waals surface area (Å²) in [6.45, 7) is 3.72. The van der Waals surface area contributed by atoms with E-state index < -0.39 is 0 Å². The number of thioether (sulfide) groups is 1. The van der Waals surface area contributed by atoms with Crippen LogP contribution in [0.4, 0.5) is 0 Å². The van der Waals surface area contributed by atoms with Crippen LogP contribution in [0.1, 0.15) is 12.5 Å². The van der Waals surface area contributed by atoms with Crippen molar-refractivity contribution in [2.75, 3.05) is 0 Å². The van der Waals surface area contributed by atoms with E-state index in [1.807, 2.05) is 13.0 Å². The van der Waals surface area contributed by atoms with E-state index >= 15 is 0 Å². The first kappa shape index (κ1) is 11.3. The van der Waals surface area contributed by atoms with Crippen molar-refractivity contribution in [3.8, 4) is 6.07 Å². The molecule has 2 rings (SSSR count). The Labute approximate surface area is 102 Å². The van der Waals surface area contributed by atoms with E-state index in [0.29, 0.717) is 10.2 Å². The van der Waals surface area contributed by atoms with Crippen LogP contribution in [-0.2, 0) is 0 Å². The minimum absolute atomic E-state index is 0.177. The molecule has 3 nitrogen and oxygen atoms in total. The fraction of sp³-hybridized carbons (Fsp3) is 0.273. The first-order valence-corrected chi connectivity index (χ1v) is 5.99. The minimum atomic E-state index is -0.177. The second-order valence-corrected chi connectivity index (χ2v) is 5.17. The average molecular weight is 253 g/mol. The Morgan fingerprint density at radius 2 is 2.31 bits per heavy atom. The monoisotopic (exact) mass is 252 g/mol. The highest BCUT2D eigenvalue weighted by Crippen LogP contribution is 2.29. The van der Waals surface area contributed by atoms with Gasteiger partial charge < -0.3 is 4.42 Å². The summed E-state index contributed by atoms with van der Waals surface area (Å²) >= 11 is 7.23. The quantitative estimate of drug-likeness (QED) is 0.763. The van der Waals surface area contributed by atoms with Crippen molar-refractivity contribution >= 4 is 34.5 Å². The second-order valence-electron chi connectivity index (χ2n) is 3.44. The van der Waals surface area contributed by atoms with Crippen molar-refractivity contribution in [1.29, 1.82) is 5.26 Å². The van der Waals surface area contributed by atoms with Crippen LogP contribution < -0.4 is 0 Å². The number of fused-ring (bicyclic) bond motifs is 1. The van der Waals surface area contributed by atoms with E-state index in [1.54, 1.807) is 13.0 Å². The van der Waals surface area contributed by atoms with Gasteiger partial charge >= 0.3 is 0 Å². The molecule has 82 valence electrons. The molecule has 0 bridgehead atoms. The zero-order valence-corrected chi connectivity index (χ0v) is 10.4. The molecule has 16 heavy (non-hydrogen) atoms. The van der Waals surface area contributed by atoms with Gasteiger partial charge in [-0.05, 0) is 43.3 Å². The second kappa shape index (κ2) is 4.36. The average Bonchev–Trinajstić information content (AvgIpc) is 2.60. The van der Waals surface area contributed by atoms with E-state index in [0.717, 1.165) is 16.7 Å². The summed E-state index contributed by atoms with van der Waals surface area (Å²) in [5.41, 5.74) is 2.42. The van der Waals surface area contributed by atoms with Gasteiger partial charge in [0, 0.05) is 5.02 Å². The lowest BCUT2D eigenvalue weighted by atomic mass is 10.2. The number of nitrogens with zero attached hydrogens (tertiary/aromatic N) is 2. The first-order chi connectivity index (χ1) is 7.60. The number of oxazole rings is 1. The highest BCUT2D eigenvalue weighted by molar-refractivity contribution is 7.99. The smallest absolute Gasteiger partial charge is 0.258 e. The summed E-state index contributed by atoms with van der Waals surface area (Å²) in [5.74, 6) is 0. The molecular formula is C11H9ClN2OS. The molecule has 5 heteroatoms. The third kappa shape index (κ3) is 2.16. The van der Waals surface area contributed by atoms with Crippen molar-refractivity contribution in [2.45, 2.75) is 24.3 Å². The van der Waals surface area contributed by atoms with Gasteiger partial charge in [0.2, 0.25) is 0 Å². The zero-order chi connectivity index (χ0) is 11.7. The van der Waals surface area contributed by atoms with Crippen molar-refractivity contribution < 1.29 is 4.42 Å². The molecule has 0 fully saturated rings. The van der Waals surface area contributed by atoms with Gasteiger partial charge in [0.25, 0.3) is 5.22 Å². The molecule has 2 aromatic rings. The maximum atomic E-state index is 8.71. The molecule has 0 saturated heterocycles. The number of nitriles is 1. The Hall–Kier alpha value is -1.18. The molecule has 0 amide bonds. The maximum absolute atomic E-state index is 8.71. The number of aryl methyl sites for hydroxylation is 1. The molecule has 1 atom stereocenters. The van der Waals surface area contributed by atoms with Gasteiger partial charge in [-0.3, -0.25) is 0 Å². The minimum Gasteiger partial charge on any atom is -0.431 e. The number of hydrogen-bond acceptors (Lipinski definition) is 4. The van der Waals surface area contributed by atoms with Gasteiger partial charge in [0.05, 0.1) is 11.3 Å². The summed E-state index contributed by atoms with van der Waals surface area (Å²) in [5, 5.41) is 9.68. The van der Waals surface area contributed by atoms with Crippen molar-refractivity contribution in [3.63, 3.8) is 0 Å². The molecule has 0 N–H and O–H groups in total. The molecule has 0 spiro atoms. The van der Waals surface area contributed by atoms with Crippen LogP contribution in [0.3, 0.4) is 0 Å². The van der Waals surface area contributed by atoms with Crippen molar-refractivity contribution in [2.24, 2.45) is 0 Å². The Morgan fingerprint density at radius 3 is 3.00 bits per heavy atom. The molecule has 0 aliphatic heterocycles. The Bertz CT molecular complexity index is 573. The van der Waals surface area contributed by atoms with Crippen LogP contribution in [0, 0.1) is 18.3 Å². The Balaban J connectivity index is 2.45. The van der Waals surface area contributed by atoms with E-state index in [2.05, 4.69) is 11.1 Å². The zero-order valence-electron chi connectivity index (χ0n) is 8.82. The Morgan fingerprint density at radius 1 is 1.56 bits per heavy atom. The van der Waals surface area contributed by atoms with E-state index in [1.165, 1.54) is 11.8 Å². The first-order valence-electron chi connectivity index (χ1n) is 4.73. The molecule has 0 aliphatic rings. The normalized spacial score (nSPS) is 12.6. The number of hydrogen-bond donors (Lipinski definition) is 0. The van der Waals surface area contributed by atoms with Crippen LogP contribution >= 0.6 is 23.4 Å². The van der Waals surface area contributed by atoms with Crippen molar-refractivity contribution in [1.82, 2.24) is 4.98 Å². The molecule has 1 unspecified atom stereocenters. The fourth-order valence-electron chi connectivity index (χ4n) is 1.36. The SMILES string of the molecule is Cc1cc(Cl)cc2nc(SC(C)C#N)oc12. The lowest BCUT2D eigenvalue weighted by Gasteiger charge is -1.95. The number of rotatable bonds is 2. The van der Waals surface area contributed by atoms with Crippen LogP contribution in [0.15, 0.2) is 21.8 Å². The van der Waals surface area contributed by atoms with Gasteiger partial charge in [-0.2, -0.15) is 5.26 Å². The molecule has 0 saturated carbocycles. The molecule has 0 aliphatic carbocycles. The summed E-state index contributed by atoms with van der Waals surface area (Å²) < 4.78 is 5.57. The highest BCUT2D eigenvalue weighted by atomic mass is 35.5. The molecular weight excluding hydrogens is 244 g/mol. The van der Waals surface area contributed by atoms with Gasteiger partial charge in [-0.25, -0.2) is 4.98 Å². The number of aromatic nitrogens is 1.